The number of rotatable bonds is 6. The van der Waals surface area contributed by atoms with Crippen molar-refractivity contribution < 1.29 is 9.18 Å². The van der Waals surface area contributed by atoms with Gasteiger partial charge in [0.05, 0.1) is 23.1 Å². The summed E-state index contributed by atoms with van der Waals surface area (Å²) >= 11 is 0. The number of carbonyl (C=O) groups excluding carboxylic acids is 1. The van der Waals surface area contributed by atoms with E-state index < -0.39 is 0 Å². The topological polar surface area (TPSA) is 63.1 Å². The van der Waals surface area contributed by atoms with Crippen molar-refractivity contribution in [3.63, 3.8) is 0 Å². The fourth-order valence-corrected chi connectivity index (χ4v) is 4.58. The summed E-state index contributed by atoms with van der Waals surface area (Å²) in [5.41, 5.74) is 2.82. The van der Waals surface area contributed by atoms with Crippen molar-refractivity contribution in [2.75, 3.05) is 24.5 Å². The number of amides is 1. The largest absolute Gasteiger partial charge is 0.370 e. The maximum absolute atomic E-state index is 13.8. The number of piperidine rings is 1. The number of hydrogen-bond donors (Lipinski definition) is 1. The first kappa shape index (κ1) is 20.4. The van der Waals surface area contributed by atoms with Gasteiger partial charge < -0.3 is 10.2 Å². The highest BCUT2D eigenvalue weighted by molar-refractivity contribution is 5.92. The van der Waals surface area contributed by atoms with Crippen LogP contribution in [0.3, 0.4) is 0 Å². The smallest absolute Gasteiger partial charge is 0.224 e. The standard InChI is InChI=1S/C25H26FN5O/c26-20-8-9-22-21(15-20)24(10-12-27-22)30-13-3-6-19(17-30)25(32)28-11-4-14-31-23-7-2-1-5-18(23)16-29-31/h1-2,5,7-10,12,15-16,19H,3-4,6,11,13-14,17H2,(H,28,32). The van der Waals surface area contributed by atoms with Crippen LogP contribution >= 0.6 is 0 Å². The normalized spacial score (nSPS) is 16.5. The lowest BCUT2D eigenvalue weighted by atomic mass is 9.96. The van der Waals surface area contributed by atoms with Crippen molar-refractivity contribution in [3.05, 3.63) is 66.7 Å². The first-order chi connectivity index (χ1) is 15.7. The summed E-state index contributed by atoms with van der Waals surface area (Å²) in [6, 6.07) is 14.7. The van der Waals surface area contributed by atoms with Crippen molar-refractivity contribution in [1.82, 2.24) is 20.1 Å². The van der Waals surface area contributed by atoms with Crippen LogP contribution < -0.4 is 10.2 Å². The Balaban J connectivity index is 1.18. The van der Waals surface area contributed by atoms with E-state index in [4.69, 9.17) is 0 Å². The molecule has 5 rings (SSSR count). The molecule has 1 atom stereocenters. The van der Waals surface area contributed by atoms with E-state index in [9.17, 15) is 9.18 Å². The van der Waals surface area contributed by atoms with Gasteiger partial charge in [-0.2, -0.15) is 5.10 Å². The molecule has 0 spiro atoms. The zero-order valence-electron chi connectivity index (χ0n) is 17.9. The Morgan fingerprint density at radius 3 is 3.03 bits per heavy atom. The molecule has 1 amide bonds. The minimum atomic E-state index is -0.275. The van der Waals surface area contributed by atoms with Crippen LogP contribution in [0.15, 0.2) is 60.9 Å². The maximum Gasteiger partial charge on any atom is 0.224 e. The van der Waals surface area contributed by atoms with Gasteiger partial charge in [0.1, 0.15) is 5.82 Å². The molecule has 2 aromatic carbocycles. The minimum Gasteiger partial charge on any atom is -0.370 e. The van der Waals surface area contributed by atoms with Crippen molar-refractivity contribution in [1.29, 1.82) is 0 Å². The van der Waals surface area contributed by atoms with Gasteiger partial charge in [-0.3, -0.25) is 14.5 Å². The number of aromatic nitrogens is 3. The van der Waals surface area contributed by atoms with Gasteiger partial charge >= 0.3 is 0 Å². The Labute approximate surface area is 186 Å². The van der Waals surface area contributed by atoms with E-state index in [-0.39, 0.29) is 17.6 Å². The fourth-order valence-electron chi connectivity index (χ4n) is 4.58. The summed E-state index contributed by atoms with van der Waals surface area (Å²) in [6.45, 7) is 2.86. The molecule has 1 fully saturated rings. The number of anilines is 1. The highest BCUT2D eigenvalue weighted by Gasteiger charge is 2.26. The van der Waals surface area contributed by atoms with E-state index in [1.54, 1.807) is 12.3 Å². The third-order valence-corrected chi connectivity index (χ3v) is 6.21. The van der Waals surface area contributed by atoms with E-state index in [1.807, 2.05) is 29.1 Å². The highest BCUT2D eigenvalue weighted by atomic mass is 19.1. The molecule has 1 N–H and O–H groups in total. The molecule has 1 unspecified atom stereocenters. The Morgan fingerprint density at radius 2 is 2.09 bits per heavy atom. The van der Waals surface area contributed by atoms with Crippen molar-refractivity contribution in [2.24, 2.45) is 5.92 Å². The third kappa shape index (κ3) is 4.15. The van der Waals surface area contributed by atoms with Crippen LogP contribution in [0.25, 0.3) is 21.8 Å². The third-order valence-electron chi connectivity index (χ3n) is 6.21. The number of nitrogens with one attached hydrogen (secondary N) is 1. The number of para-hydroxylation sites is 1. The van der Waals surface area contributed by atoms with E-state index in [0.29, 0.717) is 13.1 Å². The zero-order valence-corrected chi connectivity index (χ0v) is 17.9. The molecule has 0 bridgehead atoms. The van der Waals surface area contributed by atoms with E-state index in [1.165, 1.54) is 12.1 Å². The van der Waals surface area contributed by atoms with Crippen LogP contribution in [-0.4, -0.2) is 40.3 Å². The quantitative estimate of drug-likeness (QED) is 0.466. The van der Waals surface area contributed by atoms with Gasteiger partial charge in [-0.25, -0.2) is 4.39 Å². The number of aryl methyl sites for hydroxylation is 1. The predicted octanol–water partition coefficient (Wildman–Crippen LogP) is 4.15. The molecular weight excluding hydrogens is 405 g/mol. The minimum absolute atomic E-state index is 0.0777. The van der Waals surface area contributed by atoms with E-state index in [0.717, 1.165) is 59.8 Å². The lowest BCUT2D eigenvalue weighted by Gasteiger charge is -2.34. The molecule has 7 heteroatoms. The Morgan fingerprint density at radius 1 is 1.19 bits per heavy atom. The monoisotopic (exact) mass is 431 g/mol. The molecule has 32 heavy (non-hydrogen) atoms. The molecule has 1 aliphatic rings. The summed E-state index contributed by atoms with van der Waals surface area (Å²) < 4.78 is 15.8. The molecular formula is C25H26FN5O. The summed E-state index contributed by atoms with van der Waals surface area (Å²) in [5.74, 6) is -0.265. The number of pyridine rings is 1. The highest BCUT2D eigenvalue weighted by Crippen LogP contribution is 2.30. The van der Waals surface area contributed by atoms with Crippen LogP contribution in [0.2, 0.25) is 0 Å². The van der Waals surface area contributed by atoms with Gasteiger partial charge in [0.2, 0.25) is 5.91 Å². The van der Waals surface area contributed by atoms with Crippen LogP contribution in [0, 0.1) is 11.7 Å². The van der Waals surface area contributed by atoms with Crippen LogP contribution in [0.5, 0.6) is 0 Å². The molecule has 4 aromatic rings. The van der Waals surface area contributed by atoms with Gasteiger partial charge in [-0.05, 0) is 49.6 Å². The van der Waals surface area contributed by atoms with Gasteiger partial charge in [-0.15, -0.1) is 0 Å². The van der Waals surface area contributed by atoms with Gasteiger partial charge in [0, 0.05) is 48.8 Å². The Kier molecular flexibility index (Phi) is 5.71. The van der Waals surface area contributed by atoms with Crippen molar-refractivity contribution in [2.45, 2.75) is 25.8 Å². The molecule has 164 valence electrons. The van der Waals surface area contributed by atoms with Crippen molar-refractivity contribution in [3.8, 4) is 0 Å². The van der Waals surface area contributed by atoms with Gasteiger partial charge in [0.15, 0.2) is 0 Å². The van der Waals surface area contributed by atoms with E-state index in [2.05, 4.69) is 32.4 Å². The SMILES string of the molecule is O=C(NCCCn1ncc2ccccc21)C1CCCN(c2ccnc3ccc(F)cc23)C1. The average molecular weight is 432 g/mol. The molecule has 1 aliphatic heterocycles. The molecule has 2 aromatic heterocycles. The lowest BCUT2D eigenvalue weighted by molar-refractivity contribution is -0.125. The molecule has 6 nitrogen and oxygen atoms in total. The summed E-state index contributed by atoms with van der Waals surface area (Å²) in [7, 11) is 0. The molecule has 0 saturated carbocycles. The number of fused-ring (bicyclic) bond motifs is 2. The van der Waals surface area contributed by atoms with E-state index >= 15 is 0 Å². The molecule has 1 saturated heterocycles. The second kappa shape index (κ2) is 8.94. The predicted molar refractivity (Wildman–Crippen MR) is 124 cm³/mol. The fraction of sp³-hybridized carbons (Fsp3) is 0.320. The molecule has 0 radical (unpaired) electrons. The van der Waals surface area contributed by atoms with Crippen molar-refractivity contribution >= 4 is 33.4 Å². The lowest BCUT2D eigenvalue weighted by Crippen LogP contribution is -2.43. The molecule has 0 aliphatic carbocycles. The first-order valence-electron chi connectivity index (χ1n) is 11.2. The summed E-state index contributed by atoms with van der Waals surface area (Å²) in [4.78, 5) is 19.4. The number of halogens is 1. The summed E-state index contributed by atoms with van der Waals surface area (Å²) in [6.07, 6.45) is 6.24. The van der Waals surface area contributed by atoms with Gasteiger partial charge in [-0.1, -0.05) is 18.2 Å². The summed E-state index contributed by atoms with van der Waals surface area (Å²) in [5, 5.41) is 9.46. The number of carbonyl (C=O) groups is 1. The van der Waals surface area contributed by atoms with Crippen LogP contribution in [0.1, 0.15) is 19.3 Å². The van der Waals surface area contributed by atoms with Crippen LogP contribution in [0.4, 0.5) is 10.1 Å². The van der Waals surface area contributed by atoms with Crippen LogP contribution in [-0.2, 0) is 11.3 Å². The zero-order chi connectivity index (χ0) is 21.9. The number of hydrogen-bond acceptors (Lipinski definition) is 4. The Hall–Kier alpha value is -3.48. The maximum atomic E-state index is 13.8. The second-order valence-electron chi connectivity index (χ2n) is 8.35. The molecule has 3 heterocycles. The second-order valence-corrected chi connectivity index (χ2v) is 8.35. The average Bonchev–Trinajstić information content (AvgIpc) is 3.24. The first-order valence-corrected chi connectivity index (χ1v) is 11.2. The number of nitrogens with zero attached hydrogens (tertiary/aromatic N) is 4. The van der Waals surface area contributed by atoms with Gasteiger partial charge in [0.25, 0.3) is 0 Å². The number of benzene rings is 2. The Bertz CT molecular complexity index is 1250.